The first-order chi connectivity index (χ1) is 6.76. The molecule has 0 amide bonds. The average Bonchev–Trinajstić information content (AvgIpc) is 2.22. The van der Waals surface area contributed by atoms with Gasteiger partial charge in [0.05, 0.1) is 11.7 Å². The molecular formula is C8H10BrF2N3. The summed E-state index contributed by atoms with van der Waals surface area (Å²) in [6, 6.07) is 2.71. The predicted octanol–water partition coefficient (Wildman–Crippen LogP) is 1.64. The van der Waals surface area contributed by atoms with Gasteiger partial charge in [0.25, 0.3) is 0 Å². The van der Waals surface area contributed by atoms with Crippen molar-refractivity contribution in [3.63, 3.8) is 0 Å². The summed E-state index contributed by atoms with van der Waals surface area (Å²) in [6.45, 7) is -1.13. The maximum absolute atomic E-state index is 12.1. The first-order valence-electron chi connectivity index (χ1n) is 4.09. The van der Waals surface area contributed by atoms with Crippen LogP contribution >= 0.6 is 15.9 Å². The topological polar surface area (TPSA) is 37.8 Å². The van der Waals surface area contributed by atoms with Crippen molar-refractivity contribution in [2.75, 3.05) is 13.3 Å². The first kappa shape index (κ1) is 11.5. The van der Waals surface area contributed by atoms with E-state index in [2.05, 4.69) is 31.4 Å². The fourth-order valence-electron chi connectivity index (χ4n) is 0.837. The third-order valence-corrected chi connectivity index (χ3v) is 2.05. The highest BCUT2D eigenvalue weighted by atomic mass is 79.9. The molecule has 0 aliphatic carbocycles. The van der Waals surface area contributed by atoms with Crippen molar-refractivity contribution in [2.45, 2.75) is 12.6 Å². The highest BCUT2D eigenvalue weighted by Crippen LogP contribution is 2.03. The van der Waals surface area contributed by atoms with Crippen molar-refractivity contribution in [2.24, 2.45) is 0 Å². The van der Waals surface area contributed by atoms with Crippen molar-refractivity contribution in [1.82, 2.24) is 15.5 Å². The summed E-state index contributed by atoms with van der Waals surface area (Å²) in [6.07, 6.45) is 0. The van der Waals surface area contributed by atoms with Gasteiger partial charge in [-0.2, -0.15) is 5.10 Å². The molecule has 1 rings (SSSR count). The van der Waals surface area contributed by atoms with E-state index in [9.17, 15) is 8.78 Å². The van der Waals surface area contributed by atoms with Crippen LogP contribution in [0, 0.1) is 0 Å². The quantitative estimate of drug-likeness (QED) is 0.880. The summed E-state index contributed by atoms with van der Waals surface area (Å²) in [5.74, 6) is 0. The van der Waals surface area contributed by atoms with Crippen LogP contribution in [0.5, 0.6) is 0 Å². The van der Waals surface area contributed by atoms with Gasteiger partial charge in [-0.25, -0.2) is 8.78 Å². The molecule has 0 saturated carbocycles. The molecule has 1 aromatic rings. The van der Waals surface area contributed by atoms with E-state index in [1.54, 1.807) is 12.1 Å². The average molecular weight is 266 g/mol. The molecule has 0 bridgehead atoms. The van der Waals surface area contributed by atoms with Crippen molar-refractivity contribution < 1.29 is 8.78 Å². The Morgan fingerprint density at radius 2 is 2.00 bits per heavy atom. The number of nitrogens with one attached hydrogen (secondary N) is 1. The Bertz CT molecular complexity index is 264. The fraction of sp³-hybridized carbons (Fsp3) is 0.500. The number of nitrogens with zero attached hydrogens (tertiary/aromatic N) is 2. The number of hydrogen-bond acceptors (Lipinski definition) is 3. The molecule has 0 fully saturated rings. The zero-order valence-corrected chi connectivity index (χ0v) is 8.97. The molecule has 78 valence electrons. The molecular weight excluding hydrogens is 256 g/mol. The van der Waals surface area contributed by atoms with Crippen LogP contribution in [0.3, 0.4) is 0 Å². The van der Waals surface area contributed by atoms with E-state index in [4.69, 9.17) is 0 Å². The zero-order valence-electron chi connectivity index (χ0n) is 7.38. The summed E-state index contributed by atoms with van der Waals surface area (Å²) in [7, 11) is 0. The number of hydrogen-bond donors (Lipinski definition) is 1. The number of rotatable bonds is 5. The zero-order chi connectivity index (χ0) is 10.4. The highest BCUT2D eigenvalue weighted by molar-refractivity contribution is 9.10. The first-order valence-corrected chi connectivity index (χ1v) is 4.89. The summed E-state index contributed by atoms with van der Waals surface area (Å²) in [5.41, 5.74) is 0.653. The van der Waals surface area contributed by atoms with E-state index < -0.39 is 19.4 Å². The highest BCUT2D eigenvalue weighted by Gasteiger charge is 2.06. The van der Waals surface area contributed by atoms with Gasteiger partial charge in [-0.1, -0.05) is 0 Å². The Hall–Kier alpha value is -0.620. The standard InChI is InChI=1S/C8H10BrF2N3/c9-8-2-1-6(13-14-8)5-12-7(3-10)4-11/h1-2,7,12H,3-5H2. The second-order valence-corrected chi connectivity index (χ2v) is 3.55. The van der Waals surface area contributed by atoms with Crippen molar-refractivity contribution in [3.8, 4) is 0 Å². The van der Waals surface area contributed by atoms with E-state index in [0.29, 0.717) is 16.8 Å². The molecule has 1 aromatic heterocycles. The van der Waals surface area contributed by atoms with Gasteiger partial charge in [-0.05, 0) is 28.1 Å². The molecule has 14 heavy (non-hydrogen) atoms. The van der Waals surface area contributed by atoms with Gasteiger partial charge in [0.2, 0.25) is 0 Å². The van der Waals surface area contributed by atoms with Gasteiger partial charge in [-0.3, -0.25) is 0 Å². The Balaban J connectivity index is 2.41. The maximum atomic E-state index is 12.1. The van der Waals surface area contributed by atoms with Gasteiger partial charge < -0.3 is 5.32 Å². The molecule has 0 radical (unpaired) electrons. The fourth-order valence-corrected chi connectivity index (χ4v) is 1.05. The van der Waals surface area contributed by atoms with Gasteiger partial charge in [0.1, 0.15) is 18.0 Å². The SMILES string of the molecule is FCC(CF)NCc1ccc(Br)nn1. The van der Waals surface area contributed by atoms with E-state index in [1.165, 1.54) is 0 Å². The monoisotopic (exact) mass is 265 g/mol. The Labute approximate surface area is 89.0 Å². The van der Waals surface area contributed by atoms with Gasteiger partial charge >= 0.3 is 0 Å². The Morgan fingerprint density at radius 1 is 1.29 bits per heavy atom. The lowest BCUT2D eigenvalue weighted by Crippen LogP contribution is -2.32. The minimum absolute atomic E-state index is 0.318. The van der Waals surface area contributed by atoms with Crippen LogP contribution < -0.4 is 5.32 Å². The lowest BCUT2D eigenvalue weighted by Gasteiger charge is -2.09. The maximum Gasteiger partial charge on any atom is 0.128 e. The molecule has 3 nitrogen and oxygen atoms in total. The molecule has 1 N–H and O–H groups in total. The third kappa shape index (κ3) is 3.63. The molecule has 0 atom stereocenters. The van der Waals surface area contributed by atoms with E-state index in [-0.39, 0.29) is 0 Å². The molecule has 1 heterocycles. The van der Waals surface area contributed by atoms with Crippen LogP contribution in [-0.2, 0) is 6.54 Å². The third-order valence-electron chi connectivity index (χ3n) is 1.63. The van der Waals surface area contributed by atoms with Crippen LogP contribution in [0.1, 0.15) is 5.69 Å². The minimum Gasteiger partial charge on any atom is -0.304 e. The molecule has 0 spiro atoms. The molecule has 6 heteroatoms. The normalized spacial score (nSPS) is 10.9. The van der Waals surface area contributed by atoms with Crippen molar-refractivity contribution in [3.05, 3.63) is 22.4 Å². The minimum atomic E-state index is -0.750. The summed E-state index contributed by atoms with van der Waals surface area (Å²) >= 11 is 3.14. The lowest BCUT2D eigenvalue weighted by atomic mass is 10.3. The molecule has 0 unspecified atom stereocenters. The second-order valence-electron chi connectivity index (χ2n) is 2.73. The Kier molecular flexibility index (Phi) is 4.89. The summed E-state index contributed by atoms with van der Waals surface area (Å²) < 4.78 is 24.8. The van der Waals surface area contributed by atoms with Crippen LogP contribution in [-0.4, -0.2) is 29.6 Å². The van der Waals surface area contributed by atoms with Crippen LogP contribution in [0.25, 0.3) is 0 Å². The molecule has 0 aliphatic heterocycles. The van der Waals surface area contributed by atoms with Gasteiger partial charge in [0.15, 0.2) is 0 Å². The number of alkyl halides is 2. The largest absolute Gasteiger partial charge is 0.304 e. The summed E-state index contributed by atoms with van der Waals surface area (Å²) in [4.78, 5) is 0. The van der Waals surface area contributed by atoms with Crippen molar-refractivity contribution in [1.29, 1.82) is 0 Å². The van der Waals surface area contributed by atoms with E-state index in [0.717, 1.165) is 0 Å². The molecule has 0 saturated heterocycles. The lowest BCUT2D eigenvalue weighted by molar-refractivity contribution is 0.306. The summed E-state index contributed by atoms with van der Waals surface area (Å²) in [5, 5.41) is 10.2. The predicted molar refractivity (Wildman–Crippen MR) is 52.3 cm³/mol. The van der Waals surface area contributed by atoms with Crippen molar-refractivity contribution >= 4 is 15.9 Å². The van der Waals surface area contributed by atoms with Gasteiger partial charge in [0, 0.05) is 6.54 Å². The number of halogens is 3. The number of aromatic nitrogens is 2. The molecule has 0 aromatic carbocycles. The molecule has 0 aliphatic rings. The van der Waals surface area contributed by atoms with E-state index >= 15 is 0 Å². The smallest absolute Gasteiger partial charge is 0.128 e. The van der Waals surface area contributed by atoms with Crippen LogP contribution in [0.15, 0.2) is 16.7 Å². The van der Waals surface area contributed by atoms with Crippen LogP contribution in [0.2, 0.25) is 0 Å². The van der Waals surface area contributed by atoms with Crippen LogP contribution in [0.4, 0.5) is 8.78 Å². The van der Waals surface area contributed by atoms with E-state index in [1.807, 2.05) is 0 Å². The Morgan fingerprint density at radius 3 is 2.50 bits per heavy atom. The van der Waals surface area contributed by atoms with Gasteiger partial charge in [-0.15, -0.1) is 5.10 Å². The second kappa shape index (κ2) is 5.98.